The third kappa shape index (κ3) is 4.59. The van der Waals surface area contributed by atoms with Gasteiger partial charge in [0.1, 0.15) is 11.3 Å². The van der Waals surface area contributed by atoms with Gasteiger partial charge in [-0.25, -0.2) is 4.79 Å². The van der Waals surface area contributed by atoms with E-state index in [1.54, 1.807) is 17.0 Å². The lowest BCUT2D eigenvalue weighted by atomic mass is 9.93. The Balaban J connectivity index is 1.54. The van der Waals surface area contributed by atoms with Crippen molar-refractivity contribution >= 4 is 17.8 Å². The molecule has 1 aliphatic heterocycles. The number of aliphatic carboxylic acids is 1. The van der Waals surface area contributed by atoms with Gasteiger partial charge in [0.25, 0.3) is 5.91 Å². The summed E-state index contributed by atoms with van der Waals surface area (Å²) in [6, 6.07) is 9.11. The van der Waals surface area contributed by atoms with Gasteiger partial charge in [0.2, 0.25) is 5.91 Å². The number of nitrogens with one attached hydrogen (secondary N) is 1. The first-order chi connectivity index (χ1) is 13.0. The van der Waals surface area contributed by atoms with Crippen molar-refractivity contribution in [1.29, 1.82) is 0 Å². The third-order valence-electron chi connectivity index (χ3n) is 5.48. The van der Waals surface area contributed by atoms with Gasteiger partial charge in [-0.05, 0) is 37.8 Å². The zero-order valence-electron chi connectivity index (χ0n) is 15.4. The molecule has 1 unspecified atom stereocenters. The maximum Gasteiger partial charge on any atom is 0.329 e. The van der Waals surface area contributed by atoms with Crippen molar-refractivity contribution < 1.29 is 24.2 Å². The SMILES string of the molecule is O=C(NC1(C(=O)O)CCCC1)C1CCCN(C(=O)COc2ccccc2)C1. The number of para-hydroxylation sites is 1. The Kier molecular flexibility index (Phi) is 5.98. The van der Waals surface area contributed by atoms with E-state index in [1.807, 2.05) is 18.2 Å². The van der Waals surface area contributed by atoms with E-state index in [0.717, 1.165) is 19.3 Å². The van der Waals surface area contributed by atoms with Crippen molar-refractivity contribution in [2.45, 2.75) is 44.1 Å². The minimum atomic E-state index is -1.14. The summed E-state index contributed by atoms with van der Waals surface area (Å²) in [7, 11) is 0. The first-order valence-electron chi connectivity index (χ1n) is 9.51. The number of carbonyl (C=O) groups is 3. The average molecular weight is 374 g/mol. The van der Waals surface area contributed by atoms with Crippen LogP contribution in [0.15, 0.2) is 30.3 Å². The Bertz CT molecular complexity index is 685. The predicted octanol–water partition coefficient (Wildman–Crippen LogP) is 1.82. The first kappa shape index (κ1) is 19.2. The van der Waals surface area contributed by atoms with Crippen LogP contribution < -0.4 is 10.1 Å². The molecule has 1 atom stereocenters. The molecule has 146 valence electrons. The molecule has 2 fully saturated rings. The summed E-state index contributed by atoms with van der Waals surface area (Å²) in [5, 5.41) is 12.3. The van der Waals surface area contributed by atoms with Crippen molar-refractivity contribution in [3.63, 3.8) is 0 Å². The number of likely N-dealkylation sites (tertiary alicyclic amines) is 1. The Hall–Kier alpha value is -2.57. The molecule has 0 spiro atoms. The summed E-state index contributed by atoms with van der Waals surface area (Å²) in [5.41, 5.74) is -1.14. The maximum absolute atomic E-state index is 12.7. The summed E-state index contributed by atoms with van der Waals surface area (Å²) in [6.07, 6.45) is 3.92. The molecule has 7 heteroatoms. The van der Waals surface area contributed by atoms with Crippen LogP contribution in [0.3, 0.4) is 0 Å². The van der Waals surface area contributed by atoms with Crippen molar-refractivity contribution in [3.8, 4) is 5.75 Å². The van der Waals surface area contributed by atoms with E-state index in [9.17, 15) is 19.5 Å². The second-order valence-corrected chi connectivity index (χ2v) is 7.36. The second kappa shape index (κ2) is 8.41. The standard InChI is InChI=1S/C20H26N2O5/c23-17(14-27-16-8-2-1-3-9-16)22-12-6-7-15(13-22)18(24)21-20(19(25)26)10-4-5-11-20/h1-3,8-9,15H,4-7,10-14H2,(H,21,24)(H,25,26). The molecule has 2 aliphatic rings. The fourth-order valence-corrected chi connectivity index (χ4v) is 3.88. The van der Waals surface area contributed by atoms with Gasteiger partial charge in [0.15, 0.2) is 6.61 Å². The van der Waals surface area contributed by atoms with Crippen LogP contribution in [0.2, 0.25) is 0 Å². The molecule has 1 saturated heterocycles. The molecule has 3 rings (SSSR count). The van der Waals surface area contributed by atoms with Gasteiger partial charge in [0.05, 0.1) is 5.92 Å². The van der Waals surface area contributed by atoms with Gasteiger partial charge in [-0.2, -0.15) is 0 Å². The van der Waals surface area contributed by atoms with Crippen LogP contribution in [0.5, 0.6) is 5.75 Å². The predicted molar refractivity (Wildman–Crippen MR) is 98.2 cm³/mol. The number of piperidine rings is 1. The summed E-state index contributed by atoms with van der Waals surface area (Å²) >= 11 is 0. The topological polar surface area (TPSA) is 95.9 Å². The molecule has 2 N–H and O–H groups in total. The van der Waals surface area contributed by atoms with Gasteiger partial charge in [-0.3, -0.25) is 9.59 Å². The highest BCUT2D eigenvalue weighted by Gasteiger charge is 2.44. The van der Waals surface area contributed by atoms with Crippen LogP contribution in [0.4, 0.5) is 0 Å². The van der Waals surface area contributed by atoms with E-state index < -0.39 is 11.5 Å². The van der Waals surface area contributed by atoms with Gasteiger partial charge in [-0.15, -0.1) is 0 Å². The molecule has 2 amide bonds. The number of nitrogens with zero attached hydrogens (tertiary/aromatic N) is 1. The van der Waals surface area contributed by atoms with Gasteiger partial charge in [-0.1, -0.05) is 31.0 Å². The summed E-state index contributed by atoms with van der Waals surface area (Å²) in [4.78, 5) is 38.4. The fourth-order valence-electron chi connectivity index (χ4n) is 3.88. The highest BCUT2D eigenvalue weighted by molar-refractivity contribution is 5.89. The van der Waals surface area contributed by atoms with Crippen LogP contribution in [-0.4, -0.2) is 53.0 Å². The molecule has 1 saturated carbocycles. The number of carbonyl (C=O) groups excluding carboxylic acids is 2. The molecular formula is C20H26N2O5. The Morgan fingerprint density at radius 2 is 1.85 bits per heavy atom. The molecule has 7 nitrogen and oxygen atoms in total. The van der Waals surface area contributed by atoms with Crippen LogP contribution in [-0.2, 0) is 14.4 Å². The van der Waals surface area contributed by atoms with Crippen molar-refractivity contribution in [2.24, 2.45) is 5.92 Å². The zero-order valence-corrected chi connectivity index (χ0v) is 15.4. The quantitative estimate of drug-likeness (QED) is 0.792. The molecule has 27 heavy (non-hydrogen) atoms. The number of rotatable bonds is 6. The minimum Gasteiger partial charge on any atom is -0.484 e. The second-order valence-electron chi connectivity index (χ2n) is 7.36. The van der Waals surface area contributed by atoms with E-state index in [-0.39, 0.29) is 24.3 Å². The average Bonchev–Trinajstić information content (AvgIpc) is 3.17. The molecule has 1 aliphatic carbocycles. The number of carboxylic acids is 1. The van der Waals surface area contributed by atoms with E-state index in [2.05, 4.69) is 5.32 Å². The summed E-state index contributed by atoms with van der Waals surface area (Å²) in [6.45, 7) is 0.820. The number of hydrogen-bond acceptors (Lipinski definition) is 4. The molecule has 1 heterocycles. The molecule has 0 radical (unpaired) electrons. The number of amides is 2. The van der Waals surface area contributed by atoms with Crippen LogP contribution in [0.25, 0.3) is 0 Å². The van der Waals surface area contributed by atoms with E-state index in [0.29, 0.717) is 38.1 Å². The molecule has 0 aromatic heterocycles. The molecular weight excluding hydrogens is 348 g/mol. The van der Waals surface area contributed by atoms with Gasteiger partial charge in [0, 0.05) is 13.1 Å². The van der Waals surface area contributed by atoms with E-state index >= 15 is 0 Å². The van der Waals surface area contributed by atoms with Gasteiger partial charge >= 0.3 is 5.97 Å². The van der Waals surface area contributed by atoms with Crippen LogP contribution >= 0.6 is 0 Å². The monoisotopic (exact) mass is 374 g/mol. The smallest absolute Gasteiger partial charge is 0.329 e. The summed E-state index contributed by atoms with van der Waals surface area (Å²) in [5.74, 6) is -1.14. The number of benzene rings is 1. The largest absolute Gasteiger partial charge is 0.484 e. The van der Waals surface area contributed by atoms with E-state index in [1.165, 1.54) is 0 Å². The van der Waals surface area contributed by atoms with Crippen LogP contribution in [0, 0.1) is 5.92 Å². The molecule has 1 aromatic rings. The number of ether oxygens (including phenoxy) is 1. The highest BCUT2D eigenvalue weighted by Crippen LogP contribution is 2.31. The minimum absolute atomic E-state index is 0.0720. The zero-order chi connectivity index (χ0) is 19.3. The highest BCUT2D eigenvalue weighted by atomic mass is 16.5. The van der Waals surface area contributed by atoms with Gasteiger partial charge < -0.3 is 20.1 Å². The van der Waals surface area contributed by atoms with E-state index in [4.69, 9.17) is 4.74 Å². The van der Waals surface area contributed by atoms with Crippen LogP contribution in [0.1, 0.15) is 38.5 Å². The van der Waals surface area contributed by atoms with Crippen molar-refractivity contribution in [3.05, 3.63) is 30.3 Å². The molecule has 0 bridgehead atoms. The van der Waals surface area contributed by atoms with Crippen molar-refractivity contribution in [1.82, 2.24) is 10.2 Å². The lowest BCUT2D eigenvalue weighted by Crippen LogP contribution is -2.56. The van der Waals surface area contributed by atoms with Crippen molar-refractivity contribution in [2.75, 3.05) is 19.7 Å². The number of hydrogen-bond donors (Lipinski definition) is 2. The summed E-state index contributed by atoms with van der Waals surface area (Å²) < 4.78 is 5.50. The lowest BCUT2D eigenvalue weighted by molar-refractivity contribution is -0.149. The fraction of sp³-hybridized carbons (Fsp3) is 0.550. The third-order valence-corrected chi connectivity index (χ3v) is 5.48. The normalized spacial score (nSPS) is 21.5. The molecule has 1 aromatic carbocycles. The maximum atomic E-state index is 12.7. The Morgan fingerprint density at radius 3 is 2.52 bits per heavy atom. The Labute approximate surface area is 158 Å². The number of carboxylic acid groups (broad SMARTS) is 1. The Morgan fingerprint density at radius 1 is 1.15 bits per heavy atom. The lowest BCUT2D eigenvalue weighted by Gasteiger charge is -2.34. The first-order valence-corrected chi connectivity index (χ1v) is 9.51.